The van der Waals surface area contributed by atoms with E-state index in [0.29, 0.717) is 25.1 Å². The zero-order chi connectivity index (χ0) is 14.1. The molecule has 120 valence electrons. The standard InChI is InChI=1S/C15H30N2O2.ClH/c1-12(2)7-8-13-5-4-6-14(13)17-15(18)11-16-9-10-19-3;/h12-14,16H,4-11H2,1-3H3,(H,17,18);1H. The summed E-state index contributed by atoms with van der Waals surface area (Å²) in [4.78, 5) is 11.8. The summed E-state index contributed by atoms with van der Waals surface area (Å²) in [7, 11) is 1.67. The van der Waals surface area contributed by atoms with Gasteiger partial charge in [-0.1, -0.05) is 26.7 Å². The summed E-state index contributed by atoms with van der Waals surface area (Å²) in [5.41, 5.74) is 0. The Hall–Kier alpha value is -0.320. The highest BCUT2D eigenvalue weighted by molar-refractivity contribution is 5.85. The summed E-state index contributed by atoms with van der Waals surface area (Å²) in [5, 5.41) is 6.28. The first kappa shape index (κ1) is 19.7. The lowest BCUT2D eigenvalue weighted by Gasteiger charge is -2.22. The molecular weight excluding hydrogens is 276 g/mol. The van der Waals surface area contributed by atoms with Gasteiger partial charge in [-0.3, -0.25) is 4.79 Å². The average Bonchev–Trinajstić information content (AvgIpc) is 2.79. The van der Waals surface area contributed by atoms with Crippen LogP contribution in [0, 0.1) is 11.8 Å². The molecule has 0 aromatic carbocycles. The molecule has 0 bridgehead atoms. The van der Waals surface area contributed by atoms with Gasteiger partial charge in [0.1, 0.15) is 0 Å². The van der Waals surface area contributed by atoms with Gasteiger partial charge in [0.05, 0.1) is 13.2 Å². The van der Waals surface area contributed by atoms with Gasteiger partial charge in [0.25, 0.3) is 0 Å². The lowest BCUT2D eigenvalue weighted by Crippen LogP contribution is -2.42. The molecule has 1 rings (SSSR count). The fourth-order valence-electron chi connectivity index (χ4n) is 2.75. The normalized spacial score (nSPS) is 21.8. The minimum atomic E-state index is 0. The van der Waals surface area contributed by atoms with Crippen LogP contribution in [0.4, 0.5) is 0 Å². The van der Waals surface area contributed by atoms with E-state index < -0.39 is 0 Å². The van der Waals surface area contributed by atoms with Gasteiger partial charge < -0.3 is 15.4 Å². The smallest absolute Gasteiger partial charge is 0.234 e. The first-order valence-corrected chi connectivity index (χ1v) is 7.62. The lowest BCUT2D eigenvalue weighted by molar-refractivity contribution is -0.121. The maximum atomic E-state index is 11.8. The van der Waals surface area contributed by atoms with Gasteiger partial charge in [0.15, 0.2) is 0 Å². The predicted octanol–water partition coefficient (Wildman–Crippen LogP) is 2.37. The van der Waals surface area contributed by atoms with Crippen LogP contribution >= 0.6 is 12.4 Å². The van der Waals surface area contributed by atoms with E-state index in [2.05, 4.69) is 24.5 Å². The van der Waals surface area contributed by atoms with Crippen LogP contribution in [0.5, 0.6) is 0 Å². The van der Waals surface area contributed by atoms with Crippen molar-refractivity contribution in [2.75, 3.05) is 26.8 Å². The quantitative estimate of drug-likeness (QED) is 0.643. The third kappa shape index (κ3) is 8.08. The number of hydrogen-bond donors (Lipinski definition) is 2. The van der Waals surface area contributed by atoms with E-state index in [1.165, 1.54) is 25.7 Å². The molecule has 1 saturated carbocycles. The van der Waals surface area contributed by atoms with Crippen LogP contribution in [0.3, 0.4) is 0 Å². The van der Waals surface area contributed by atoms with Gasteiger partial charge >= 0.3 is 0 Å². The highest BCUT2D eigenvalue weighted by Crippen LogP contribution is 2.30. The summed E-state index contributed by atoms with van der Waals surface area (Å²) in [6, 6.07) is 0.399. The minimum absolute atomic E-state index is 0. The Morgan fingerprint density at radius 3 is 2.75 bits per heavy atom. The van der Waals surface area contributed by atoms with Crippen LogP contribution in [-0.4, -0.2) is 38.8 Å². The van der Waals surface area contributed by atoms with E-state index in [4.69, 9.17) is 4.74 Å². The Labute approximate surface area is 129 Å². The van der Waals surface area contributed by atoms with Crippen molar-refractivity contribution < 1.29 is 9.53 Å². The predicted molar refractivity (Wildman–Crippen MR) is 85.3 cm³/mol. The van der Waals surface area contributed by atoms with Crippen LogP contribution < -0.4 is 10.6 Å². The molecule has 1 amide bonds. The minimum Gasteiger partial charge on any atom is -0.383 e. The molecule has 1 fully saturated rings. The Kier molecular flexibility index (Phi) is 11.2. The Morgan fingerprint density at radius 2 is 2.10 bits per heavy atom. The van der Waals surface area contributed by atoms with Crippen molar-refractivity contribution in [3.05, 3.63) is 0 Å². The number of carbonyl (C=O) groups is 1. The van der Waals surface area contributed by atoms with E-state index >= 15 is 0 Å². The number of nitrogens with one attached hydrogen (secondary N) is 2. The number of carbonyl (C=O) groups excluding carboxylic acids is 1. The van der Waals surface area contributed by atoms with Gasteiger partial charge in [-0.05, 0) is 31.1 Å². The number of rotatable bonds is 9. The SMILES string of the molecule is COCCNCC(=O)NC1CCCC1CCC(C)C.Cl. The molecule has 0 aliphatic heterocycles. The third-order valence-corrected chi connectivity index (χ3v) is 3.89. The average molecular weight is 307 g/mol. The second-order valence-electron chi connectivity index (χ2n) is 6.01. The number of amides is 1. The van der Waals surface area contributed by atoms with Crippen molar-refractivity contribution in [3.8, 4) is 0 Å². The molecule has 20 heavy (non-hydrogen) atoms. The van der Waals surface area contributed by atoms with Crippen LogP contribution in [0.2, 0.25) is 0 Å². The Bertz CT molecular complexity index is 262. The maximum absolute atomic E-state index is 11.8. The number of ether oxygens (including phenoxy) is 1. The summed E-state index contributed by atoms with van der Waals surface area (Å²) >= 11 is 0. The molecule has 0 aromatic rings. The molecule has 4 nitrogen and oxygen atoms in total. The van der Waals surface area contributed by atoms with Gasteiger partial charge in [-0.25, -0.2) is 0 Å². The van der Waals surface area contributed by atoms with Crippen LogP contribution in [-0.2, 0) is 9.53 Å². The molecule has 0 spiro atoms. The molecule has 2 unspecified atom stereocenters. The van der Waals surface area contributed by atoms with Crippen molar-refractivity contribution >= 4 is 18.3 Å². The molecule has 2 N–H and O–H groups in total. The van der Waals surface area contributed by atoms with Crippen LogP contribution in [0.25, 0.3) is 0 Å². The second-order valence-corrected chi connectivity index (χ2v) is 6.01. The van der Waals surface area contributed by atoms with Crippen molar-refractivity contribution in [2.45, 2.75) is 52.0 Å². The van der Waals surface area contributed by atoms with Crippen molar-refractivity contribution in [2.24, 2.45) is 11.8 Å². The highest BCUT2D eigenvalue weighted by atomic mass is 35.5. The maximum Gasteiger partial charge on any atom is 0.234 e. The molecule has 0 saturated heterocycles. The fraction of sp³-hybridized carbons (Fsp3) is 0.933. The van der Waals surface area contributed by atoms with Gasteiger partial charge in [0, 0.05) is 19.7 Å². The molecule has 0 heterocycles. The zero-order valence-corrected chi connectivity index (χ0v) is 13.9. The van der Waals surface area contributed by atoms with Gasteiger partial charge in [-0.15, -0.1) is 12.4 Å². The molecule has 0 radical (unpaired) electrons. The highest BCUT2D eigenvalue weighted by Gasteiger charge is 2.27. The lowest BCUT2D eigenvalue weighted by atomic mass is 9.93. The first-order valence-electron chi connectivity index (χ1n) is 7.62. The van der Waals surface area contributed by atoms with Gasteiger partial charge in [0.2, 0.25) is 5.91 Å². The number of methoxy groups -OCH3 is 1. The van der Waals surface area contributed by atoms with E-state index in [9.17, 15) is 4.79 Å². The molecule has 2 atom stereocenters. The molecule has 0 aromatic heterocycles. The van der Waals surface area contributed by atoms with Gasteiger partial charge in [-0.2, -0.15) is 0 Å². The second kappa shape index (κ2) is 11.4. The largest absolute Gasteiger partial charge is 0.383 e. The first-order chi connectivity index (χ1) is 9.13. The molecule has 5 heteroatoms. The molecule has 1 aliphatic carbocycles. The van der Waals surface area contributed by atoms with Crippen molar-refractivity contribution in [1.82, 2.24) is 10.6 Å². The zero-order valence-electron chi connectivity index (χ0n) is 13.1. The van der Waals surface area contributed by atoms with Crippen molar-refractivity contribution in [3.63, 3.8) is 0 Å². The summed E-state index contributed by atoms with van der Waals surface area (Å²) in [6.07, 6.45) is 6.19. The van der Waals surface area contributed by atoms with E-state index in [0.717, 1.165) is 18.9 Å². The summed E-state index contributed by atoms with van der Waals surface area (Å²) < 4.78 is 4.93. The molecular formula is C15H31ClN2O2. The van der Waals surface area contributed by atoms with E-state index in [1.807, 2.05) is 0 Å². The Balaban J connectivity index is 0.00000361. The topological polar surface area (TPSA) is 50.4 Å². The fourth-order valence-corrected chi connectivity index (χ4v) is 2.75. The number of hydrogen-bond acceptors (Lipinski definition) is 3. The van der Waals surface area contributed by atoms with Crippen molar-refractivity contribution in [1.29, 1.82) is 0 Å². The van der Waals surface area contributed by atoms with E-state index in [-0.39, 0.29) is 18.3 Å². The Morgan fingerprint density at radius 1 is 1.35 bits per heavy atom. The molecule has 1 aliphatic rings. The monoisotopic (exact) mass is 306 g/mol. The number of halogens is 1. The third-order valence-electron chi connectivity index (χ3n) is 3.89. The van der Waals surface area contributed by atoms with E-state index in [1.54, 1.807) is 7.11 Å². The van der Waals surface area contributed by atoms with Crippen LogP contribution in [0.15, 0.2) is 0 Å². The van der Waals surface area contributed by atoms with Crippen LogP contribution in [0.1, 0.15) is 46.0 Å². The summed E-state index contributed by atoms with van der Waals surface area (Å²) in [5.74, 6) is 1.57. The summed E-state index contributed by atoms with van der Waals surface area (Å²) in [6.45, 7) is 6.31.